The van der Waals surface area contributed by atoms with E-state index in [1.54, 1.807) is 0 Å². The van der Waals surface area contributed by atoms with Gasteiger partial charge in [-0.2, -0.15) is 0 Å². The van der Waals surface area contributed by atoms with Crippen molar-refractivity contribution in [3.05, 3.63) is 18.2 Å². The van der Waals surface area contributed by atoms with Gasteiger partial charge in [-0.05, 0) is 37.8 Å². The predicted octanol–water partition coefficient (Wildman–Crippen LogP) is 3.11. The Balaban J connectivity index is 2.39. The van der Waals surface area contributed by atoms with Crippen LogP contribution in [0, 0.1) is 11.3 Å². The molecular weight excluding hydrogens is 222 g/mol. The van der Waals surface area contributed by atoms with Crippen molar-refractivity contribution in [2.24, 2.45) is 11.3 Å². The normalized spacial score (nSPS) is 12.3. The van der Waals surface area contributed by atoms with Crippen LogP contribution in [-0.4, -0.2) is 22.6 Å². The molecule has 1 aromatic heterocycles. The molecule has 3 nitrogen and oxygen atoms in total. The van der Waals surface area contributed by atoms with Crippen molar-refractivity contribution in [3.8, 4) is 0 Å². The largest absolute Gasteiger partial charge is 0.335 e. The fourth-order valence-electron chi connectivity index (χ4n) is 2.13. The molecule has 0 amide bonds. The van der Waals surface area contributed by atoms with Crippen molar-refractivity contribution in [1.29, 1.82) is 0 Å². The van der Waals surface area contributed by atoms with Crippen LogP contribution in [0.3, 0.4) is 0 Å². The molecule has 3 heteroatoms. The lowest BCUT2D eigenvalue weighted by Crippen LogP contribution is -2.27. The van der Waals surface area contributed by atoms with Gasteiger partial charge in [0.25, 0.3) is 0 Å². The lowest BCUT2D eigenvalue weighted by Gasteiger charge is -2.25. The van der Waals surface area contributed by atoms with Crippen LogP contribution in [0.4, 0.5) is 0 Å². The summed E-state index contributed by atoms with van der Waals surface area (Å²) in [5.74, 6) is 1.94. The highest BCUT2D eigenvalue weighted by atomic mass is 15.1. The van der Waals surface area contributed by atoms with E-state index in [9.17, 15) is 0 Å². The number of nitrogens with one attached hydrogen (secondary N) is 1. The molecule has 0 aliphatic rings. The molecule has 1 N–H and O–H groups in total. The summed E-state index contributed by atoms with van der Waals surface area (Å²) >= 11 is 0. The van der Waals surface area contributed by atoms with Gasteiger partial charge in [0.2, 0.25) is 0 Å². The SMILES string of the molecule is CCn1ccnc1CC(C)(C)CCNCC(C)C. The average molecular weight is 251 g/mol. The highest BCUT2D eigenvalue weighted by molar-refractivity contribution is 4.96. The van der Waals surface area contributed by atoms with Crippen molar-refractivity contribution in [1.82, 2.24) is 14.9 Å². The average Bonchev–Trinajstić information content (AvgIpc) is 2.70. The summed E-state index contributed by atoms with van der Waals surface area (Å²) < 4.78 is 2.24. The molecular formula is C15H29N3. The van der Waals surface area contributed by atoms with Crippen LogP contribution < -0.4 is 5.32 Å². The van der Waals surface area contributed by atoms with E-state index < -0.39 is 0 Å². The summed E-state index contributed by atoms with van der Waals surface area (Å²) in [6.07, 6.45) is 6.22. The Morgan fingerprint density at radius 2 is 2.11 bits per heavy atom. The minimum Gasteiger partial charge on any atom is -0.335 e. The highest BCUT2D eigenvalue weighted by Gasteiger charge is 2.20. The van der Waals surface area contributed by atoms with Crippen LogP contribution in [0.25, 0.3) is 0 Å². The van der Waals surface area contributed by atoms with Crippen LogP contribution in [0.15, 0.2) is 12.4 Å². The molecule has 0 saturated carbocycles. The molecule has 0 atom stereocenters. The molecule has 0 aliphatic heterocycles. The first-order valence-corrected chi connectivity index (χ1v) is 7.15. The number of nitrogens with zero attached hydrogens (tertiary/aromatic N) is 2. The molecule has 0 aliphatic carbocycles. The standard InChI is InChI=1S/C15H29N3/c1-6-18-10-9-17-14(18)11-15(4,5)7-8-16-12-13(2)3/h9-10,13,16H,6-8,11-12H2,1-5H3. The van der Waals surface area contributed by atoms with E-state index in [1.807, 2.05) is 6.20 Å². The fraction of sp³-hybridized carbons (Fsp3) is 0.800. The van der Waals surface area contributed by atoms with Gasteiger partial charge in [0.05, 0.1) is 0 Å². The minimum atomic E-state index is 0.308. The molecule has 18 heavy (non-hydrogen) atoms. The van der Waals surface area contributed by atoms with Crippen molar-refractivity contribution < 1.29 is 0 Å². The van der Waals surface area contributed by atoms with E-state index in [1.165, 1.54) is 12.2 Å². The first-order chi connectivity index (χ1) is 8.44. The monoisotopic (exact) mass is 251 g/mol. The Hall–Kier alpha value is -0.830. The molecule has 0 spiro atoms. The smallest absolute Gasteiger partial charge is 0.109 e. The number of aromatic nitrogens is 2. The molecule has 0 fully saturated rings. The number of rotatable bonds is 8. The third-order valence-electron chi connectivity index (χ3n) is 3.31. The first-order valence-electron chi connectivity index (χ1n) is 7.15. The highest BCUT2D eigenvalue weighted by Crippen LogP contribution is 2.24. The molecule has 0 radical (unpaired) electrons. The second-order valence-corrected chi connectivity index (χ2v) is 6.32. The van der Waals surface area contributed by atoms with Gasteiger partial charge >= 0.3 is 0 Å². The Labute approximate surface area is 112 Å². The maximum absolute atomic E-state index is 4.47. The van der Waals surface area contributed by atoms with Crippen LogP contribution in [0.1, 0.15) is 46.9 Å². The molecule has 1 rings (SSSR count). The molecule has 0 unspecified atom stereocenters. The third-order valence-corrected chi connectivity index (χ3v) is 3.31. The van der Waals surface area contributed by atoms with Gasteiger partial charge in [0.1, 0.15) is 5.82 Å². The van der Waals surface area contributed by atoms with Gasteiger partial charge in [-0.15, -0.1) is 0 Å². The van der Waals surface area contributed by atoms with Gasteiger partial charge in [0, 0.05) is 25.4 Å². The zero-order valence-electron chi connectivity index (χ0n) is 12.7. The van der Waals surface area contributed by atoms with Gasteiger partial charge in [-0.25, -0.2) is 4.98 Å². The van der Waals surface area contributed by atoms with Gasteiger partial charge < -0.3 is 9.88 Å². The van der Waals surface area contributed by atoms with Crippen molar-refractivity contribution in [2.75, 3.05) is 13.1 Å². The van der Waals surface area contributed by atoms with E-state index in [-0.39, 0.29) is 0 Å². The quantitative estimate of drug-likeness (QED) is 0.720. The van der Waals surface area contributed by atoms with Gasteiger partial charge in [-0.1, -0.05) is 27.7 Å². The Kier molecular flexibility index (Phi) is 5.86. The summed E-state index contributed by atoms with van der Waals surface area (Å²) in [7, 11) is 0. The fourth-order valence-corrected chi connectivity index (χ4v) is 2.13. The lowest BCUT2D eigenvalue weighted by atomic mass is 9.85. The van der Waals surface area contributed by atoms with Crippen molar-refractivity contribution in [2.45, 2.75) is 54.0 Å². The van der Waals surface area contributed by atoms with Gasteiger partial charge in [0.15, 0.2) is 0 Å². The molecule has 0 bridgehead atoms. The van der Waals surface area contributed by atoms with Gasteiger partial charge in [-0.3, -0.25) is 0 Å². The maximum atomic E-state index is 4.47. The zero-order chi connectivity index (χ0) is 13.6. The second-order valence-electron chi connectivity index (χ2n) is 6.32. The minimum absolute atomic E-state index is 0.308. The van der Waals surface area contributed by atoms with Crippen molar-refractivity contribution >= 4 is 0 Å². The van der Waals surface area contributed by atoms with Crippen molar-refractivity contribution in [3.63, 3.8) is 0 Å². The first kappa shape index (κ1) is 15.2. The number of hydrogen-bond acceptors (Lipinski definition) is 2. The number of imidazole rings is 1. The van der Waals surface area contributed by atoms with E-state index >= 15 is 0 Å². The van der Waals surface area contributed by atoms with Crippen LogP contribution in [-0.2, 0) is 13.0 Å². The Bertz CT molecular complexity index is 339. The molecule has 104 valence electrons. The molecule has 0 saturated heterocycles. The Morgan fingerprint density at radius 1 is 1.39 bits per heavy atom. The van der Waals surface area contributed by atoms with Crippen LogP contribution in [0.2, 0.25) is 0 Å². The molecule has 1 heterocycles. The molecule has 1 aromatic rings. The summed E-state index contributed by atoms with van der Waals surface area (Å²) in [6.45, 7) is 14.5. The van der Waals surface area contributed by atoms with E-state index in [0.29, 0.717) is 5.41 Å². The number of aryl methyl sites for hydroxylation is 1. The maximum Gasteiger partial charge on any atom is 0.109 e. The van der Waals surface area contributed by atoms with E-state index in [2.05, 4.69) is 55.7 Å². The van der Waals surface area contributed by atoms with E-state index in [0.717, 1.165) is 32.0 Å². The topological polar surface area (TPSA) is 29.9 Å². The van der Waals surface area contributed by atoms with Crippen LogP contribution >= 0.6 is 0 Å². The summed E-state index contributed by atoms with van der Waals surface area (Å²) in [6, 6.07) is 0. The third kappa shape index (κ3) is 5.21. The predicted molar refractivity (Wildman–Crippen MR) is 77.7 cm³/mol. The van der Waals surface area contributed by atoms with E-state index in [4.69, 9.17) is 0 Å². The molecule has 0 aromatic carbocycles. The number of hydrogen-bond donors (Lipinski definition) is 1. The van der Waals surface area contributed by atoms with Crippen LogP contribution in [0.5, 0.6) is 0 Å². The lowest BCUT2D eigenvalue weighted by molar-refractivity contribution is 0.312. The second kappa shape index (κ2) is 6.93. The zero-order valence-corrected chi connectivity index (χ0v) is 12.7. The summed E-state index contributed by atoms with van der Waals surface area (Å²) in [5, 5.41) is 3.52. The summed E-state index contributed by atoms with van der Waals surface area (Å²) in [4.78, 5) is 4.47. The Morgan fingerprint density at radius 3 is 2.72 bits per heavy atom. The summed E-state index contributed by atoms with van der Waals surface area (Å²) in [5.41, 5.74) is 0.308.